The first-order valence-corrected chi connectivity index (χ1v) is 8.56. The molecule has 0 radical (unpaired) electrons. The van der Waals surface area contributed by atoms with Gasteiger partial charge in [-0.1, -0.05) is 35.3 Å². The Morgan fingerprint density at radius 3 is 2.80 bits per heavy atom. The molecule has 1 aliphatic rings. The van der Waals surface area contributed by atoms with Crippen molar-refractivity contribution in [1.82, 2.24) is 5.32 Å². The molecular formula is C18H17Cl2NO4. The topological polar surface area (TPSA) is 56.8 Å². The molecule has 0 spiro atoms. The third-order valence-corrected chi connectivity index (χ3v) is 4.17. The van der Waals surface area contributed by atoms with Gasteiger partial charge in [-0.25, -0.2) is 0 Å². The van der Waals surface area contributed by atoms with E-state index in [2.05, 4.69) is 5.32 Å². The smallest absolute Gasteiger partial charge is 0.260 e. The number of nitrogens with one attached hydrogen (secondary N) is 1. The van der Waals surface area contributed by atoms with E-state index in [1.54, 1.807) is 25.1 Å². The fraction of sp³-hybridized carbons (Fsp3) is 0.278. The Bertz CT molecular complexity index is 768. The van der Waals surface area contributed by atoms with E-state index in [0.29, 0.717) is 40.4 Å². The van der Waals surface area contributed by atoms with Gasteiger partial charge in [0, 0.05) is 5.02 Å². The van der Waals surface area contributed by atoms with Crippen LogP contribution in [-0.4, -0.2) is 31.3 Å². The van der Waals surface area contributed by atoms with Crippen molar-refractivity contribution < 1.29 is 19.0 Å². The summed E-state index contributed by atoms with van der Waals surface area (Å²) in [5.41, 5.74) is 0. The highest BCUT2D eigenvalue weighted by molar-refractivity contribution is 6.35. The van der Waals surface area contributed by atoms with Gasteiger partial charge in [0.05, 0.1) is 11.6 Å². The van der Waals surface area contributed by atoms with Crippen LogP contribution in [0.25, 0.3) is 0 Å². The van der Waals surface area contributed by atoms with Crippen LogP contribution in [0.5, 0.6) is 17.2 Å². The molecule has 0 bridgehead atoms. The Balaban J connectivity index is 1.51. The molecule has 1 amide bonds. The largest absolute Gasteiger partial charge is 0.486 e. The summed E-state index contributed by atoms with van der Waals surface area (Å²) >= 11 is 11.9. The summed E-state index contributed by atoms with van der Waals surface area (Å²) in [6.07, 6.45) is -0.972. The van der Waals surface area contributed by atoms with E-state index in [0.717, 1.165) is 0 Å². The van der Waals surface area contributed by atoms with Crippen molar-refractivity contribution in [2.75, 3.05) is 13.2 Å². The Labute approximate surface area is 155 Å². The van der Waals surface area contributed by atoms with Crippen molar-refractivity contribution in [3.63, 3.8) is 0 Å². The zero-order chi connectivity index (χ0) is 17.8. The first-order valence-electron chi connectivity index (χ1n) is 7.81. The van der Waals surface area contributed by atoms with Crippen LogP contribution in [0, 0.1) is 0 Å². The SMILES string of the molecule is CC(Oc1ccc(Cl)cc1Cl)C(=O)NCC1COc2ccccc2O1. The summed E-state index contributed by atoms with van der Waals surface area (Å²) in [6, 6.07) is 12.3. The minimum Gasteiger partial charge on any atom is -0.486 e. The van der Waals surface area contributed by atoms with Crippen LogP contribution < -0.4 is 19.5 Å². The lowest BCUT2D eigenvalue weighted by atomic mass is 10.2. The predicted octanol–water partition coefficient (Wildman–Crippen LogP) is 3.72. The van der Waals surface area contributed by atoms with Crippen molar-refractivity contribution in [3.8, 4) is 17.2 Å². The van der Waals surface area contributed by atoms with Gasteiger partial charge in [-0.2, -0.15) is 0 Å². The van der Waals surface area contributed by atoms with Crippen LogP contribution in [-0.2, 0) is 4.79 Å². The van der Waals surface area contributed by atoms with E-state index in [-0.39, 0.29) is 12.0 Å². The molecule has 0 saturated heterocycles. The maximum atomic E-state index is 12.2. The zero-order valence-corrected chi connectivity index (χ0v) is 15.0. The zero-order valence-electron chi connectivity index (χ0n) is 13.5. The molecular weight excluding hydrogens is 365 g/mol. The summed E-state index contributed by atoms with van der Waals surface area (Å²) in [6.45, 7) is 2.33. The maximum Gasteiger partial charge on any atom is 0.260 e. The van der Waals surface area contributed by atoms with E-state index in [1.807, 2.05) is 24.3 Å². The molecule has 3 rings (SSSR count). The number of hydrogen-bond donors (Lipinski definition) is 1. The summed E-state index contributed by atoms with van der Waals surface area (Å²) in [5.74, 6) is 1.51. The Hall–Kier alpha value is -2.11. The second-order valence-corrected chi connectivity index (χ2v) is 6.42. The van der Waals surface area contributed by atoms with Gasteiger partial charge < -0.3 is 19.5 Å². The lowest BCUT2D eigenvalue weighted by Crippen LogP contribution is -2.44. The lowest BCUT2D eigenvalue weighted by molar-refractivity contribution is -0.127. The van der Waals surface area contributed by atoms with E-state index >= 15 is 0 Å². The fourth-order valence-electron chi connectivity index (χ4n) is 2.34. The van der Waals surface area contributed by atoms with Gasteiger partial charge in [-0.3, -0.25) is 4.79 Å². The van der Waals surface area contributed by atoms with Gasteiger partial charge in [0.2, 0.25) is 0 Å². The molecule has 1 heterocycles. The number of hydrogen-bond acceptors (Lipinski definition) is 4. The number of halogens is 2. The molecule has 132 valence electrons. The third-order valence-electron chi connectivity index (χ3n) is 3.64. The standard InChI is InChI=1S/C18H17Cl2NO4/c1-11(24-15-7-6-12(19)8-14(15)20)18(22)21-9-13-10-23-16-4-2-3-5-17(16)25-13/h2-8,11,13H,9-10H2,1H3,(H,21,22). The predicted molar refractivity (Wildman–Crippen MR) is 95.9 cm³/mol. The van der Waals surface area contributed by atoms with E-state index in [4.69, 9.17) is 37.4 Å². The quantitative estimate of drug-likeness (QED) is 0.857. The molecule has 2 unspecified atom stereocenters. The Morgan fingerprint density at radius 2 is 2.04 bits per heavy atom. The van der Waals surface area contributed by atoms with Crippen molar-refractivity contribution in [3.05, 3.63) is 52.5 Å². The molecule has 7 heteroatoms. The molecule has 1 aliphatic heterocycles. The van der Waals surface area contributed by atoms with Crippen molar-refractivity contribution in [2.24, 2.45) is 0 Å². The molecule has 0 aliphatic carbocycles. The van der Waals surface area contributed by atoms with Gasteiger partial charge in [0.1, 0.15) is 18.5 Å². The van der Waals surface area contributed by atoms with E-state index in [1.165, 1.54) is 0 Å². The van der Waals surface area contributed by atoms with Crippen molar-refractivity contribution in [2.45, 2.75) is 19.1 Å². The Morgan fingerprint density at radius 1 is 1.28 bits per heavy atom. The number of ether oxygens (including phenoxy) is 3. The monoisotopic (exact) mass is 381 g/mol. The van der Waals surface area contributed by atoms with Crippen LogP contribution in [0.3, 0.4) is 0 Å². The van der Waals surface area contributed by atoms with Crippen LogP contribution in [0.1, 0.15) is 6.92 Å². The average molecular weight is 382 g/mol. The van der Waals surface area contributed by atoms with Crippen LogP contribution in [0.4, 0.5) is 0 Å². The maximum absolute atomic E-state index is 12.2. The fourth-order valence-corrected chi connectivity index (χ4v) is 2.79. The van der Waals surface area contributed by atoms with E-state index in [9.17, 15) is 4.79 Å². The summed E-state index contributed by atoms with van der Waals surface area (Å²) in [4.78, 5) is 12.2. The molecule has 25 heavy (non-hydrogen) atoms. The minimum absolute atomic E-state index is 0.259. The van der Waals surface area contributed by atoms with Gasteiger partial charge in [0.15, 0.2) is 17.6 Å². The van der Waals surface area contributed by atoms with Crippen LogP contribution in [0.2, 0.25) is 10.0 Å². The first-order chi connectivity index (χ1) is 12.0. The Kier molecular flexibility index (Phi) is 5.56. The van der Waals surface area contributed by atoms with Crippen LogP contribution >= 0.6 is 23.2 Å². The number of fused-ring (bicyclic) bond motifs is 1. The molecule has 2 aromatic rings. The second kappa shape index (κ2) is 7.85. The van der Waals surface area contributed by atoms with Gasteiger partial charge in [-0.05, 0) is 37.3 Å². The van der Waals surface area contributed by atoms with Gasteiger partial charge >= 0.3 is 0 Å². The lowest BCUT2D eigenvalue weighted by Gasteiger charge is -2.27. The highest BCUT2D eigenvalue weighted by Gasteiger charge is 2.23. The van der Waals surface area contributed by atoms with Crippen LogP contribution in [0.15, 0.2) is 42.5 Å². The summed E-state index contributed by atoms with van der Waals surface area (Å²) in [7, 11) is 0. The number of rotatable bonds is 5. The molecule has 0 aromatic heterocycles. The number of carbonyl (C=O) groups excluding carboxylic acids is 1. The van der Waals surface area contributed by atoms with Crippen molar-refractivity contribution in [1.29, 1.82) is 0 Å². The summed E-state index contributed by atoms with van der Waals surface area (Å²) in [5, 5.41) is 3.65. The summed E-state index contributed by atoms with van der Waals surface area (Å²) < 4.78 is 17.0. The molecule has 5 nitrogen and oxygen atoms in total. The number of para-hydroxylation sites is 2. The number of benzene rings is 2. The highest BCUT2D eigenvalue weighted by Crippen LogP contribution is 2.31. The molecule has 0 saturated carbocycles. The average Bonchev–Trinajstić information content (AvgIpc) is 2.61. The minimum atomic E-state index is -0.713. The molecule has 2 aromatic carbocycles. The second-order valence-electron chi connectivity index (χ2n) is 5.58. The normalized spacial score (nSPS) is 16.8. The van der Waals surface area contributed by atoms with Crippen molar-refractivity contribution >= 4 is 29.1 Å². The third kappa shape index (κ3) is 4.50. The van der Waals surface area contributed by atoms with E-state index < -0.39 is 6.10 Å². The molecule has 2 atom stereocenters. The number of carbonyl (C=O) groups is 1. The number of amides is 1. The van der Waals surface area contributed by atoms with Gasteiger partial charge in [-0.15, -0.1) is 0 Å². The first kappa shape index (κ1) is 17.7. The highest BCUT2D eigenvalue weighted by atomic mass is 35.5. The van der Waals surface area contributed by atoms with Gasteiger partial charge in [0.25, 0.3) is 5.91 Å². The molecule has 1 N–H and O–H groups in total. The molecule has 0 fully saturated rings.